The predicted molar refractivity (Wildman–Crippen MR) is 131 cm³/mol. The SMILES string of the molecule is CN(c1ccccc1)c1ccccc1C(=O)Nc1ccc(NC(=O)NCC2CCCO2)cc1. The molecule has 3 amide bonds. The molecule has 1 fully saturated rings. The second kappa shape index (κ2) is 10.7. The minimum Gasteiger partial charge on any atom is -0.376 e. The van der Waals surface area contributed by atoms with Gasteiger partial charge in [0, 0.05) is 37.3 Å². The quantitative estimate of drug-likeness (QED) is 0.479. The van der Waals surface area contributed by atoms with Gasteiger partial charge in [0.15, 0.2) is 0 Å². The number of anilines is 4. The molecule has 7 nitrogen and oxygen atoms in total. The molecule has 170 valence electrons. The molecule has 1 aliphatic heterocycles. The Labute approximate surface area is 193 Å². The summed E-state index contributed by atoms with van der Waals surface area (Å²) in [7, 11) is 1.94. The molecule has 0 spiro atoms. The first-order valence-electron chi connectivity index (χ1n) is 11.1. The lowest BCUT2D eigenvalue weighted by Gasteiger charge is -2.22. The Kier molecular flexibility index (Phi) is 7.22. The largest absolute Gasteiger partial charge is 0.376 e. The van der Waals surface area contributed by atoms with Crippen LogP contribution in [0.5, 0.6) is 0 Å². The number of carbonyl (C=O) groups is 2. The van der Waals surface area contributed by atoms with Crippen LogP contribution in [0.3, 0.4) is 0 Å². The number of benzene rings is 3. The number of amides is 3. The van der Waals surface area contributed by atoms with E-state index in [2.05, 4.69) is 16.0 Å². The molecule has 1 atom stereocenters. The van der Waals surface area contributed by atoms with Crippen LogP contribution in [0.15, 0.2) is 78.9 Å². The van der Waals surface area contributed by atoms with Gasteiger partial charge in [-0.05, 0) is 61.4 Å². The summed E-state index contributed by atoms with van der Waals surface area (Å²) >= 11 is 0. The van der Waals surface area contributed by atoms with Crippen molar-refractivity contribution in [2.75, 3.05) is 35.7 Å². The zero-order valence-electron chi connectivity index (χ0n) is 18.6. The van der Waals surface area contributed by atoms with E-state index in [1.54, 1.807) is 30.3 Å². The molecule has 3 N–H and O–H groups in total. The first-order valence-corrected chi connectivity index (χ1v) is 11.1. The number of ether oxygens (including phenoxy) is 1. The maximum atomic E-state index is 13.0. The van der Waals surface area contributed by atoms with Gasteiger partial charge < -0.3 is 25.6 Å². The summed E-state index contributed by atoms with van der Waals surface area (Å²) in [5.41, 5.74) is 3.65. The van der Waals surface area contributed by atoms with Crippen LogP contribution in [0, 0.1) is 0 Å². The molecule has 0 bridgehead atoms. The number of hydrogen-bond donors (Lipinski definition) is 3. The van der Waals surface area contributed by atoms with E-state index in [-0.39, 0.29) is 18.0 Å². The second-order valence-corrected chi connectivity index (χ2v) is 7.91. The van der Waals surface area contributed by atoms with Gasteiger partial charge in [-0.1, -0.05) is 30.3 Å². The van der Waals surface area contributed by atoms with Crippen molar-refractivity contribution in [2.45, 2.75) is 18.9 Å². The summed E-state index contributed by atoms with van der Waals surface area (Å²) in [4.78, 5) is 27.1. The van der Waals surface area contributed by atoms with Gasteiger partial charge in [0.05, 0.1) is 17.4 Å². The van der Waals surface area contributed by atoms with Gasteiger partial charge >= 0.3 is 6.03 Å². The number of rotatable bonds is 7. The van der Waals surface area contributed by atoms with Gasteiger partial charge in [0.2, 0.25) is 0 Å². The Balaban J connectivity index is 1.36. The Morgan fingerprint density at radius 2 is 1.58 bits per heavy atom. The molecule has 1 saturated heterocycles. The highest BCUT2D eigenvalue weighted by Crippen LogP contribution is 2.27. The third-order valence-electron chi connectivity index (χ3n) is 5.57. The molecule has 3 aromatic carbocycles. The minimum atomic E-state index is -0.278. The Morgan fingerprint density at radius 3 is 2.27 bits per heavy atom. The first kappa shape index (κ1) is 22.4. The van der Waals surface area contributed by atoms with E-state index in [0.29, 0.717) is 23.5 Å². The molecule has 3 aromatic rings. The third kappa shape index (κ3) is 5.90. The molecule has 1 unspecified atom stereocenters. The molecular formula is C26H28N4O3. The minimum absolute atomic E-state index is 0.0946. The number of urea groups is 1. The van der Waals surface area contributed by atoms with Crippen LogP contribution in [0.2, 0.25) is 0 Å². The molecule has 1 heterocycles. The third-order valence-corrected chi connectivity index (χ3v) is 5.57. The number of hydrogen-bond acceptors (Lipinski definition) is 4. The standard InChI is InChI=1S/C26H28N4O3/c1-30(21-8-3-2-4-9-21)24-12-6-5-11-23(24)25(31)28-19-13-15-20(16-14-19)29-26(32)27-18-22-10-7-17-33-22/h2-6,8-9,11-16,22H,7,10,17-18H2,1H3,(H,28,31)(H2,27,29,32). The van der Waals surface area contributed by atoms with Gasteiger partial charge in [-0.2, -0.15) is 0 Å². The second-order valence-electron chi connectivity index (χ2n) is 7.91. The highest BCUT2D eigenvalue weighted by molar-refractivity contribution is 6.08. The first-order chi connectivity index (χ1) is 16.1. The highest BCUT2D eigenvalue weighted by atomic mass is 16.5. The molecular weight excluding hydrogens is 416 g/mol. The fraction of sp³-hybridized carbons (Fsp3) is 0.231. The van der Waals surface area contributed by atoms with E-state index in [4.69, 9.17) is 4.74 Å². The van der Waals surface area contributed by atoms with Crippen LogP contribution in [0.1, 0.15) is 23.2 Å². The molecule has 7 heteroatoms. The van der Waals surface area contributed by atoms with Crippen LogP contribution in [-0.2, 0) is 4.74 Å². The van der Waals surface area contributed by atoms with Crippen molar-refractivity contribution < 1.29 is 14.3 Å². The normalized spacial score (nSPS) is 15.0. The van der Waals surface area contributed by atoms with Crippen molar-refractivity contribution in [3.8, 4) is 0 Å². The summed E-state index contributed by atoms with van der Waals surface area (Å²) in [6, 6.07) is 24.1. The van der Waals surface area contributed by atoms with Crippen molar-refractivity contribution >= 4 is 34.7 Å². The average molecular weight is 445 g/mol. The molecule has 1 aliphatic rings. The van der Waals surface area contributed by atoms with Crippen molar-refractivity contribution in [1.82, 2.24) is 5.32 Å². The predicted octanol–water partition coefficient (Wildman–Crippen LogP) is 5.01. The lowest BCUT2D eigenvalue weighted by Crippen LogP contribution is -2.35. The maximum Gasteiger partial charge on any atom is 0.319 e. The lowest BCUT2D eigenvalue weighted by molar-refractivity contribution is 0.102. The molecule has 0 aromatic heterocycles. The molecule has 0 radical (unpaired) electrons. The lowest BCUT2D eigenvalue weighted by atomic mass is 10.1. The van der Waals surface area contributed by atoms with Gasteiger partial charge in [0.1, 0.15) is 0 Å². The average Bonchev–Trinajstić information content (AvgIpc) is 3.38. The smallest absolute Gasteiger partial charge is 0.319 e. The Hall–Kier alpha value is -3.84. The molecule has 4 rings (SSSR count). The van der Waals surface area contributed by atoms with Gasteiger partial charge in [-0.25, -0.2) is 4.79 Å². The summed E-state index contributed by atoms with van der Waals surface area (Å²) in [6.07, 6.45) is 2.10. The monoisotopic (exact) mass is 444 g/mol. The fourth-order valence-electron chi connectivity index (χ4n) is 3.77. The van der Waals surface area contributed by atoms with E-state index in [1.165, 1.54) is 0 Å². The number of para-hydroxylation sites is 2. The fourth-order valence-corrected chi connectivity index (χ4v) is 3.77. The van der Waals surface area contributed by atoms with Crippen molar-refractivity contribution in [3.05, 3.63) is 84.4 Å². The zero-order chi connectivity index (χ0) is 23.0. The Bertz CT molecular complexity index is 1080. The number of nitrogens with one attached hydrogen (secondary N) is 3. The van der Waals surface area contributed by atoms with E-state index in [9.17, 15) is 9.59 Å². The van der Waals surface area contributed by atoms with Gasteiger partial charge in [0.25, 0.3) is 5.91 Å². The van der Waals surface area contributed by atoms with Crippen LogP contribution in [0.25, 0.3) is 0 Å². The van der Waals surface area contributed by atoms with Crippen molar-refractivity contribution in [2.24, 2.45) is 0 Å². The number of nitrogens with zero attached hydrogens (tertiary/aromatic N) is 1. The topological polar surface area (TPSA) is 82.7 Å². The molecule has 0 saturated carbocycles. The highest BCUT2D eigenvalue weighted by Gasteiger charge is 2.17. The summed E-state index contributed by atoms with van der Waals surface area (Å²) in [5, 5.41) is 8.55. The summed E-state index contributed by atoms with van der Waals surface area (Å²) in [5.74, 6) is -0.205. The van der Waals surface area contributed by atoms with Crippen molar-refractivity contribution in [3.63, 3.8) is 0 Å². The van der Waals surface area contributed by atoms with E-state index in [0.717, 1.165) is 30.8 Å². The van der Waals surface area contributed by atoms with E-state index >= 15 is 0 Å². The van der Waals surface area contributed by atoms with Crippen molar-refractivity contribution in [1.29, 1.82) is 0 Å². The van der Waals surface area contributed by atoms with Crippen LogP contribution >= 0.6 is 0 Å². The van der Waals surface area contributed by atoms with E-state index < -0.39 is 0 Å². The van der Waals surface area contributed by atoms with Crippen LogP contribution in [-0.4, -0.2) is 38.2 Å². The van der Waals surface area contributed by atoms with Crippen LogP contribution < -0.4 is 20.9 Å². The zero-order valence-corrected chi connectivity index (χ0v) is 18.6. The van der Waals surface area contributed by atoms with Gasteiger partial charge in [-0.15, -0.1) is 0 Å². The molecule has 0 aliphatic carbocycles. The summed E-state index contributed by atoms with van der Waals surface area (Å²) in [6.45, 7) is 1.25. The molecule has 33 heavy (non-hydrogen) atoms. The van der Waals surface area contributed by atoms with E-state index in [1.807, 2.05) is 60.5 Å². The maximum absolute atomic E-state index is 13.0. The van der Waals surface area contributed by atoms with Crippen LogP contribution in [0.4, 0.5) is 27.5 Å². The Morgan fingerprint density at radius 1 is 0.909 bits per heavy atom. The summed E-state index contributed by atoms with van der Waals surface area (Å²) < 4.78 is 5.51. The van der Waals surface area contributed by atoms with Gasteiger partial charge in [-0.3, -0.25) is 4.79 Å². The number of carbonyl (C=O) groups excluding carboxylic acids is 2.